The maximum atomic E-state index is 8.68. The second-order valence-corrected chi connectivity index (χ2v) is 5.62. The molecule has 0 bridgehead atoms. The third-order valence-corrected chi connectivity index (χ3v) is 4.46. The standard InChI is InChI=1S/C11H23NOS/c1-10-11(2)14-9-7-12(10)6-4-3-5-8-13/h10-11,13H,3-9H2,1-2H3. The van der Waals surface area contributed by atoms with Gasteiger partial charge in [0.15, 0.2) is 0 Å². The minimum Gasteiger partial charge on any atom is -0.396 e. The third kappa shape index (κ3) is 3.79. The molecule has 1 N–H and O–H groups in total. The normalized spacial score (nSPS) is 29.4. The lowest BCUT2D eigenvalue weighted by molar-refractivity contribution is 0.205. The van der Waals surface area contributed by atoms with Crippen molar-refractivity contribution in [2.24, 2.45) is 0 Å². The minimum atomic E-state index is 0.349. The van der Waals surface area contributed by atoms with Gasteiger partial charge in [-0.2, -0.15) is 11.8 Å². The Labute approximate surface area is 92.1 Å². The SMILES string of the molecule is CC1SCCN(CCCCCO)C1C. The fraction of sp³-hybridized carbons (Fsp3) is 1.00. The summed E-state index contributed by atoms with van der Waals surface area (Å²) in [7, 11) is 0. The molecule has 14 heavy (non-hydrogen) atoms. The molecular formula is C11H23NOS. The second kappa shape index (κ2) is 6.70. The van der Waals surface area contributed by atoms with Crippen LogP contribution in [0.3, 0.4) is 0 Å². The van der Waals surface area contributed by atoms with Gasteiger partial charge in [-0.05, 0) is 32.7 Å². The lowest BCUT2D eigenvalue weighted by Gasteiger charge is -2.37. The van der Waals surface area contributed by atoms with Gasteiger partial charge in [-0.25, -0.2) is 0 Å². The molecule has 1 fully saturated rings. The highest BCUT2D eigenvalue weighted by molar-refractivity contribution is 8.00. The van der Waals surface area contributed by atoms with E-state index in [4.69, 9.17) is 5.11 Å². The summed E-state index contributed by atoms with van der Waals surface area (Å²) in [5.41, 5.74) is 0. The van der Waals surface area contributed by atoms with Gasteiger partial charge >= 0.3 is 0 Å². The zero-order valence-electron chi connectivity index (χ0n) is 9.41. The maximum Gasteiger partial charge on any atom is 0.0431 e. The molecule has 0 radical (unpaired) electrons. The van der Waals surface area contributed by atoms with Crippen LogP contribution >= 0.6 is 11.8 Å². The fourth-order valence-corrected chi connectivity index (χ4v) is 3.08. The van der Waals surface area contributed by atoms with Gasteiger partial charge in [-0.15, -0.1) is 0 Å². The molecule has 2 nitrogen and oxygen atoms in total. The van der Waals surface area contributed by atoms with Crippen molar-refractivity contribution in [2.45, 2.75) is 44.4 Å². The molecule has 3 heteroatoms. The van der Waals surface area contributed by atoms with E-state index in [9.17, 15) is 0 Å². The molecule has 1 heterocycles. The number of thioether (sulfide) groups is 1. The van der Waals surface area contributed by atoms with E-state index in [1.165, 1.54) is 31.7 Å². The number of nitrogens with zero attached hydrogens (tertiary/aromatic N) is 1. The number of hydrogen-bond donors (Lipinski definition) is 1. The summed E-state index contributed by atoms with van der Waals surface area (Å²) in [6.07, 6.45) is 3.37. The zero-order chi connectivity index (χ0) is 10.4. The topological polar surface area (TPSA) is 23.5 Å². The van der Waals surface area contributed by atoms with Crippen molar-refractivity contribution < 1.29 is 5.11 Å². The highest BCUT2D eigenvalue weighted by atomic mass is 32.2. The van der Waals surface area contributed by atoms with E-state index in [2.05, 4.69) is 30.5 Å². The van der Waals surface area contributed by atoms with Crippen molar-refractivity contribution in [1.29, 1.82) is 0 Å². The van der Waals surface area contributed by atoms with Crippen molar-refractivity contribution in [3.05, 3.63) is 0 Å². The second-order valence-electron chi connectivity index (χ2n) is 4.14. The van der Waals surface area contributed by atoms with Crippen LogP contribution in [0.4, 0.5) is 0 Å². The summed E-state index contributed by atoms with van der Waals surface area (Å²) in [6.45, 7) is 7.47. The molecule has 0 aromatic heterocycles. The van der Waals surface area contributed by atoms with Crippen LogP contribution in [0.15, 0.2) is 0 Å². The van der Waals surface area contributed by atoms with Gasteiger partial charge in [-0.1, -0.05) is 6.92 Å². The Morgan fingerprint density at radius 1 is 1.29 bits per heavy atom. The van der Waals surface area contributed by atoms with Crippen LogP contribution in [-0.4, -0.2) is 46.7 Å². The predicted octanol–water partition coefficient (Wildman–Crippen LogP) is 1.97. The molecule has 1 rings (SSSR count). The van der Waals surface area contributed by atoms with Crippen molar-refractivity contribution in [2.75, 3.05) is 25.4 Å². The van der Waals surface area contributed by atoms with Crippen molar-refractivity contribution in [3.8, 4) is 0 Å². The molecule has 0 aliphatic carbocycles. The maximum absolute atomic E-state index is 8.68. The summed E-state index contributed by atoms with van der Waals surface area (Å²) >= 11 is 2.09. The van der Waals surface area contributed by atoms with E-state index in [-0.39, 0.29) is 0 Å². The van der Waals surface area contributed by atoms with Gasteiger partial charge in [0, 0.05) is 30.2 Å². The van der Waals surface area contributed by atoms with Crippen LogP contribution in [0.2, 0.25) is 0 Å². The molecule has 0 saturated carbocycles. The van der Waals surface area contributed by atoms with Crippen LogP contribution in [0.5, 0.6) is 0 Å². The monoisotopic (exact) mass is 217 g/mol. The molecule has 2 unspecified atom stereocenters. The first-order valence-corrected chi connectivity index (χ1v) is 6.77. The summed E-state index contributed by atoms with van der Waals surface area (Å²) < 4.78 is 0. The van der Waals surface area contributed by atoms with Gasteiger partial charge in [0.25, 0.3) is 0 Å². The Bertz CT molecular complexity index is 154. The smallest absolute Gasteiger partial charge is 0.0431 e. The third-order valence-electron chi connectivity index (χ3n) is 3.12. The van der Waals surface area contributed by atoms with Crippen LogP contribution < -0.4 is 0 Å². The molecule has 0 amide bonds. The number of aliphatic hydroxyl groups excluding tert-OH is 1. The van der Waals surface area contributed by atoms with E-state index >= 15 is 0 Å². The van der Waals surface area contributed by atoms with Crippen LogP contribution in [0, 0.1) is 0 Å². The lowest BCUT2D eigenvalue weighted by atomic mass is 10.1. The van der Waals surface area contributed by atoms with Crippen LogP contribution in [0.1, 0.15) is 33.1 Å². The van der Waals surface area contributed by atoms with E-state index in [0.717, 1.165) is 17.7 Å². The average Bonchev–Trinajstić information content (AvgIpc) is 2.19. The van der Waals surface area contributed by atoms with E-state index in [0.29, 0.717) is 6.61 Å². The highest BCUT2D eigenvalue weighted by Crippen LogP contribution is 2.24. The highest BCUT2D eigenvalue weighted by Gasteiger charge is 2.24. The first-order chi connectivity index (χ1) is 6.75. The molecule has 1 aliphatic heterocycles. The summed E-state index contributed by atoms with van der Waals surface area (Å²) in [4.78, 5) is 2.60. The molecular weight excluding hydrogens is 194 g/mol. The Hall–Kier alpha value is 0.270. The number of rotatable bonds is 5. The summed E-state index contributed by atoms with van der Waals surface area (Å²) in [5, 5.41) is 9.46. The molecule has 0 aromatic rings. The average molecular weight is 217 g/mol. The van der Waals surface area contributed by atoms with E-state index in [1.807, 2.05) is 0 Å². The van der Waals surface area contributed by atoms with Crippen LogP contribution in [0.25, 0.3) is 0 Å². The fourth-order valence-electron chi connectivity index (χ4n) is 1.91. The molecule has 1 saturated heterocycles. The number of aliphatic hydroxyl groups is 1. The van der Waals surface area contributed by atoms with Crippen molar-refractivity contribution in [1.82, 2.24) is 4.90 Å². The lowest BCUT2D eigenvalue weighted by Crippen LogP contribution is -2.44. The van der Waals surface area contributed by atoms with Gasteiger partial charge in [0.05, 0.1) is 0 Å². The summed E-state index contributed by atoms with van der Waals surface area (Å²) in [6, 6.07) is 0.725. The van der Waals surface area contributed by atoms with Gasteiger partial charge in [-0.3, -0.25) is 4.90 Å². The Morgan fingerprint density at radius 2 is 2.07 bits per heavy atom. The largest absolute Gasteiger partial charge is 0.396 e. The van der Waals surface area contributed by atoms with Gasteiger partial charge in [0.1, 0.15) is 0 Å². The van der Waals surface area contributed by atoms with Crippen LogP contribution in [-0.2, 0) is 0 Å². The Kier molecular flexibility index (Phi) is 5.90. The molecule has 0 spiro atoms. The molecule has 84 valence electrons. The van der Waals surface area contributed by atoms with E-state index < -0.39 is 0 Å². The molecule has 0 aromatic carbocycles. The molecule has 1 aliphatic rings. The zero-order valence-corrected chi connectivity index (χ0v) is 10.2. The predicted molar refractivity (Wildman–Crippen MR) is 63.9 cm³/mol. The van der Waals surface area contributed by atoms with Gasteiger partial charge in [0.2, 0.25) is 0 Å². The summed E-state index contributed by atoms with van der Waals surface area (Å²) in [5.74, 6) is 1.28. The van der Waals surface area contributed by atoms with Gasteiger partial charge < -0.3 is 5.11 Å². The van der Waals surface area contributed by atoms with E-state index in [1.54, 1.807) is 0 Å². The number of hydrogen-bond acceptors (Lipinski definition) is 3. The Morgan fingerprint density at radius 3 is 2.79 bits per heavy atom. The first-order valence-electron chi connectivity index (χ1n) is 5.72. The van der Waals surface area contributed by atoms with Crippen molar-refractivity contribution in [3.63, 3.8) is 0 Å². The van der Waals surface area contributed by atoms with Crippen molar-refractivity contribution >= 4 is 11.8 Å². The first kappa shape index (κ1) is 12.3. The number of unbranched alkanes of at least 4 members (excludes halogenated alkanes) is 2. The molecule has 2 atom stereocenters. The quantitative estimate of drug-likeness (QED) is 0.712. The Balaban J connectivity index is 2.15. The minimum absolute atomic E-state index is 0.349.